The van der Waals surface area contributed by atoms with E-state index in [0.29, 0.717) is 24.4 Å². The zero-order valence-corrected chi connectivity index (χ0v) is 16.1. The minimum Gasteiger partial charge on any atom is -0.375 e. The van der Waals surface area contributed by atoms with E-state index in [0.717, 1.165) is 12.1 Å². The monoisotopic (exact) mass is 425 g/mol. The number of nitrogens with two attached hydrogens (primary N) is 1. The van der Waals surface area contributed by atoms with E-state index in [1.165, 1.54) is 22.5 Å². The highest BCUT2D eigenvalue weighted by atomic mass is 32.2. The van der Waals surface area contributed by atoms with Gasteiger partial charge in [-0.05, 0) is 24.6 Å². The van der Waals surface area contributed by atoms with E-state index in [4.69, 9.17) is 10.5 Å². The first-order valence-electron chi connectivity index (χ1n) is 8.40. The number of sulfonamides is 1. The van der Waals surface area contributed by atoms with Crippen LogP contribution in [0.25, 0.3) is 0 Å². The molecule has 28 heavy (non-hydrogen) atoms. The number of nitrogens with one attached hydrogen (secondary N) is 1. The molecule has 4 rings (SSSR count). The third-order valence-electron chi connectivity index (χ3n) is 4.73. The number of thiophene rings is 1. The number of carbonyl (C=O) groups is 2. The van der Waals surface area contributed by atoms with Crippen molar-refractivity contribution in [2.45, 2.75) is 22.8 Å². The molecule has 0 unspecified atom stereocenters. The van der Waals surface area contributed by atoms with Gasteiger partial charge in [0.2, 0.25) is 0 Å². The normalized spacial score (nSPS) is 21.8. The maximum Gasteiger partial charge on any atom is 0.259 e. The minimum absolute atomic E-state index is 0.0417. The number of anilines is 1. The fraction of sp³-hybridized carbons (Fsp3) is 0.294. The summed E-state index contributed by atoms with van der Waals surface area (Å²) >= 11 is 0.712. The number of rotatable bonds is 5. The van der Waals surface area contributed by atoms with Gasteiger partial charge in [-0.2, -0.15) is 4.31 Å². The third-order valence-corrected chi connectivity index (χ3v) is 8.15. The van der Waals surface area contributed by atoms with Crippen LogP contribution in [0.15, 0.2) is 34.5 Å². The SMILES string of the molecule is NC(=O)c1cc(S(=O)(=O)N2C[C@@H]3C[C@H]2CO3)sc1NC(=O)c1ccccc1F. The highest BCUT2D eigenvalue weighted by molar-refractivity contribution is 7.91. The van der Waals surface area contributed by atoms with Gasteiger partial charge in [0.25, 0.3) is 21.8 Å². The van der Waals surface area contributed by atoms with Crippen molar-refractivity contribution < 1.29 is 27.1 Å². The van der Waals surface area contributed by atoms with Crippen molar-refractivity contribution in [3.05, 3.63) is 47.3 Å². The summed E-state index contributed by atoms with van der Waals surface area (Å²) in [7, 11) is -3.87. The van der Waals surface area contributed by atoms with Gasteiger partial charge >= 0.3 is 0 Å². The summed E-state index contributed by atoms with van der Waals surface area (Å²) in [4.78, 5) is 24.1. The molecule has 1 aromatic carbocycles. The van der Waals surface area contributed by atoms with Crippen LogP contribution in [0.2, 0.25) is 0 Å². The lowest BCUT2D eigenvalue weighted by atomic mass is 10.2. The molecule has 8 nitrogen and oxygen atoms in total. The van der Waals surface area contributed by atoms with E-state index < -0.39 is 27.7 Å². The molecule has 0 radical (unpaired) electrons. The number of ether oxygens (including phenoxy) is 1. The van der Waals surface area contributed by atoms with Crippen LogP contribution in [0.4, 0.5) is 9.39 Å². The lowest BCUT2D eigenvalue weighted by Crippen LogP contribution is -2.41. The molecule has 148 valence electrons. The third kappa shape index (κ3) is 3.20. The Bertz CT molecular complexity index is 1070. The average molecular weight is 425 g/mol. The number of hydrogen-bond donors (Lipinski definition) is 2. The summed E-state index contributed by atoms with van der Waals surface area (Å²) in [5.41, 5.74) is 4.97. The highest BCUT2D eigenvalue weighted by Gasteiger charge is 2.46. The standard InChI is InChI=1S/C17H16FN3O5S2/c18-13-4-2-1-3-11(13)16(23)20-17-12(15(19)22)6-14(27-17)28(24,25)21-7-10-5-9(21)8-26-10/h1-4,6,9-10H,5,7-8H2,(H2,19,22)(H,20,23)/t9-,10-/m0/s1. The predicted molar refractivity (Wildman–Crippen MR) is 99.2 cm³/mol. The Morgan fingerprint density at radius 1 is 1.29 bits per heavy atom. The summed E-state index contributed by atoms with van der Waals surface area (Å²) < 4.78 is 46.4. The van der Waals surface area contributed by atoms with Crippen molar-refractivity contribution in [1.29, 1.82) is 0 Å². The number of fused-ring (bicyclic) bond motifs is 2. The van der Waals surface area contributed by atoms with Crippen LogP contribution in [0.5, 0.6) is 0 Å². The van der Waals surface area contributed by atoms with E-state index in [-0.39, 0.29) is 39.0 Å². The molecule has 2 bridgehead atoms. The van der Waals surface area contributed by atoms with Crippen LogP contribution in [0.3, 0.4) is 0 Å². The zero-order chi connectivity index (χ0) is 20.1. The molecule has 2 aliphatic heterocycles. The number of nitrogens with zero attached hydrogens (tertiary/aromatic N) is 1. The lowest BCUT2D eigenvalue weighted by Gasteiger charge is -2.25. The fourth-order valence-electron chi connectivity index (χ4n) is 3.36. The molecule has 0 spiro atoms. The second kappa shape index (κ2) is 6.92. The van der Waals surface area contributed by atoms with Gasteiger partial charge in [0, 0.05) is 6.54 Å². The topological polar surface area (TPSA) is 119 Å². The van der Waals surface area contributed by atoms with Crippen molar-refractivity contribution in [1.82, 2.24) is 4.31 Å². The molecule has 2 aliphatic rings. The molecule has 3 heterocycles. The number of carbonyl (C=O) groups excluding carboxylic acids is 2. The second-order valence-electron chi connectivity index (χ2n) is 6.53. The van der Waals surface area contributed by atoms with Crippen molar-refractivity contribution in [2.24, 2.45) is 5.73 Å². The van der Waals surface area contributed by atoms with E-state index in [1.54, 1.807) is 0 Å². The Morgan fingerprint density at radius 2 is 2.04 bits per heavy atom. The molecule has 2 aromatic rings. The molecule has 1 aromatic heterocycles. The van der Waals surface area contributed by atoms with Gasteiger partial charge in [0.05, 0.1) is 29.9 Å². The van der Waals surface area contributed by atoms with E-state index in [9.17, 15) is 22.4 Å². The van der Waals surface area contributed by atoms with Crippen LogP contribution in [0.1, 0.15) is 27.1 Å². The molecule has 0 saturated carbocycles. The molecule has 2 fully saturated rings. The number of amides is 2. The Labute approximate surface area is 164 Å². The first-order valence-corrected chi connectivity index (χ1v) is 10.7. The summed E-state index contributed by atoms with van der Waals surface area (Å²) in [5, 5.41) is 2.36. The van der Waals surface area contributed by atoms with Crippen LogP contribution >= 0.6 is 11.3 Å². The molecule has 0 aliphatic carbocycles. The first-order chi connectivity index (χ1) is 13.3. The second-order valence-corrected chi connectivity index (χ2v) is 9.70. The fourth-order valence-corrected chi connectivity index (χ4v) is 6.51. The van der Waals surface area contributed by atoms with Crippen molar-refractivity contribution in [3.63, 3.8) is 0 Å². The minimum atomic E-state index is -3.87. The Hall–Kier alpha value is -2.34. The Morgan fingerprint density at radius 3 is 2.64 bits per heavy atom. The van der Waals surface area contributed by atoms with E-state index in [1.807, 2.05) is 0 Å². The number of halogens is 1. The number of benzene rings is 1. The molecule has 2 atom stereocenters. The lowest BCUT2D eigenvalue weighted by molar-refractivity contribution is 0.0609. The molecular weight excluding hydrogens is 409 g/mol. The molecule has 2 saturated heterocycles. The van der Waals surface area contributed by atoms with Crippen LogP contribution in [-0.2, 0) is 14.8 Å². The van der Waals surface area contributed by atoms with Gasteiger partial charge in [-0.3, -0.25) is 9.59 Å². The van der Waals surface area contributed by atoms with Crippen molar-refractivity contribution in [3.8, 4) is 0 Å². The quantitative estimate of drug-likeness (QED) is 0.751. The van der Waals surface area contributed by atoms with Gasteiger partial charge < -0.3 is 15.8 Å². The van der Waals surface area contributed by atoms with Crippen molar-refractivity contribution >= 4 is 38.2 Å². The van der Waals surface area contributed by atoms with Gasteiger partial charge in [-0.25, -0.2) is 12.8 Å². The van der Waals surface area contributed by atoms with Crippen LogP contribution in [0, 0.1) is 5.82 Å². The molecule has 11 heteroatoms. The van der Waals surface area contributed by atoms with E-state index >= 15 is 0 Å². The summed E-state index contributed by atoms with van der Waals surface area (Å²) in [6.45, 7) is 0.572. The Kier molecular flexibility index (Phi) is 4.70. The van der Waals surface area contributed by atoms with Crippen LogP contribution < -0.4 is 11.1 Å². The smallest absolute Gasteiger partial charge is 0.259 e. The van der Waals surface area contributed by atoms with Gasteiger partial charge in [-0.1, -0.05) is 12.1 Å². The number of hydrogen-bond acceptors (Lipinski definition) is 6. The molecular formula is C17H16FN3O5S2. The first kappa shape index (κ1) is 19.0. The number of morpholine rings is 1. The van der Waals surface area contributed by atoms with E-state index in [2.05, 4.69) is 5.32 Å². The summed E-state index contributed by atoms with van der Waals surface area (Å²) in [6.07, 6.45) is 0.500. The van der Waals surface area contributed by atoms with Crippen LogP contribution in [-0.4, -0.2) is 49.8 Å². The molecule has 3 N–H and O–H groups in total. The predicted octanol–water partition coefficient (Wildman–Crippen LogP) is 1.40. The average Bonchev–Trinajstić information content (AvgIpc) is 3.37. The van der Waals surface area contributed by atoms with Gasteiger partial charge in [0.15, 0.2) is 0 Å². The highest BCUT2D eigenvalue weighted by Crippen LogP contribution is 2.38. The Balaban J connectivity index is 1.66. The summed E-state index contributed by atoms with van der Waals surface area (Å²) in [5.74, 6) is -2.44. The zero-order valence-electron chi connectivity index (χ0n) is 14.4. The molecule has 2 amide bonds. The maximum atomic E-state index is 13.8. The number of primary amides is 1. The van der Waals surface area contributed by atoms with Crippen molar-refractivity contribution in [2.75, 3.05) is 18.5 Å². The summed E-state index contributed by atoms with van der Waals surface area (Å²) in [6, 6.07) is 6.23. The maximum absolute atomic E-state index is 13.8. The van der Waals surface area contributed by atoms with Gasteiger partial charge in [-0.15, -0.1) is 11.3 Å². The largest absolute Gasteiger partial charge is 0.375 e. The van der Waals surface area contributed by atoms with Gasteiger partial charge in [0.1, 0.15) is 15.0 Å².